The van der Waals surface area contributed by atoms with E-state index in [9.17, 15) is 4.79 Å². The zero-order valence-corrected chi connectivity index (χ0v) is 8.87. The zero-order valence-electron chi connectivity index (χ0n) is 8.87. The third-order valence-corrected chi connectivity index (χ3v) is 2.50. The Morgan fingerprint density at radius 1 is 1.73 bits per heavy atom. The summed E-state index contributed by atoms with van der Waals surface area (Å²) in [7, 11) is 1.58. The molecule has 0 fully saturated rings. The highest BCUT2D eigenvalue weighted by Gasteiger charge is 2.18. The number of carbonyl (C=O) groups excluding carboxylic acids is 1. The lowest BCUT2D eigenvalue weighted by Crippen LogP contribution is -2.31. The second-order valence-corrected chi connectivity index (χ2v) is 3.56. The van der Waals surface area contributed by atoms with Gasteiger partial charge in [0.2, 0.25) is 0 Å². The number of hydrogen-bond acceptors (Lipinski definition) is 3. The average molecular weight is 209 g/mol. The lowest BCUT2D eigenvalue weighted by atomic mass is 10.2. The highest BCUT2D eigenvalue weighted by molar-refractivity contribution is 5.87. The SMILES string of the molecule is CNC(=O)Nc1cc2n(n1)CCNC2C. The number of nitrogens with one attached hydrogen (secondary N) is 3. The minimum absolute atomic E-state index is 0.244. The summed E-state index contributed by atoms with van der Waals surface area (Å²) in [5, 5.41) is 12.8. The molecule has 1 aromatic rings. The van der Waals surface area contributed by atoms with E-state index < -0.39 is 0 Å². The molecule has 0 aliphatic carbocycles. The quantitative estimate of drug-likeness (QED) is 0.623. The van der Waals surface area contributed by atoms with Crippen LogP contribution in [0.2, 0.25) is 0 Å². The van der Waals surface area contributed by atoms with Crippen LogP contribution in [-0.2, 0) is 6.54 Å². The van der Waals surface area contributed by atoms with Gasteiger partial charge in [0.25, 0.3) is 0 Å². The van der Waals surface area contributed by atoms with E-state index in [2.05, 4.69) is 28.0 Å². The van der Waals surface area contributed by atoms with Gasteiger partial charge in [-0.25, -0.2) is 4.79 Å². The van der Waals surface area contributed by atoms with E-state index in [4.69, 9.17) is 0 Å². The maximum atomic E-state index is 11.1. The first-order valence-electron chi connectivity index (χ1n) is 5.00. The van der Waals surface area contributed by atoms with Crippen LogP contribution in [0, 0.1) is 0 Å². The molecular formula is C9H15N5O. The number of rotatable bonds is 1. The predicted molar refractivity (Wildman–Crippen MR) is 56.7 cm³/mol. The minimum Gasteiger partial charge on any atom is -0.341 e. The number of carbonyl (C=O) groups is 1. The van der Waals surface area contributed by atoms with Gasteiger partial charge < -0.3 is 10.6 Å². The van der Waals surface area contributed by atoms with Crippen LogP contribution in [-0.4, -0.2) is 29.4 Å². The van der Waals surface area contributed by atoms with Crippen molar-refractivity contribution >= 4 is 11.8 Å². The van der Waals surface area contributed by atoms with Gasteiger partial charge in [-0.3, -0.25) is 10.00 Å². The number of aromatic nitrogens is 2. The number of fused-ring (bicyclic) bond motifs is 1. The largest absolute Gasteiger partial charge is 0.341 e. The van der Waals surface area contributed by atoms with E-state index in [-0.39, 0.29) is 12.1 Å². The van der Waals surface area contributed by atoms with E-state index in [1.165, 1.54) is 0 Å². The molecule has 6 heteroatoms. The first-order valence-corrected chi connectivity index (χ1v) is 5.00. The number of urea groups is 1. The molecule has 1 aliphatic heterocycles. The van der Waals surface area contributed by atoms with Gasteiger partial charge in [-0.2, -0.15) is 5.10 Å². The van der Waals surface area contributed by atoms with Crippen molar-refractivity contribution in [3.63, 3.8) is 0 Å². The van der Waals surface area contributed by atoms with Gasteiger partial charge in [0.05, 0.1) is 12.2 Å². The molecular weight excluding hydrogens is 194 g/mol. The molecule has 0 spiro atoms. The Balaban J connectivity index is 2.18. The molecule has 6 nitrogen and oxygen atoms in total. The average Bonchev–Trinajstić information content (AvgIpc) is 2.62. The third kappa shape index (κ3) is 1.94. The van der Waals surface area contributed by atoms with Crippen molar-refractivity contribution in [2.24, 2.45) is 0 Å². The molecule has 0 saturated carbocycles. The monoisotopic (exact) mass is 209 g/mol. The van der Waals surface area contributed by atoms with Crippen LogP contribution in [0.25, 0.3) is 0 Å². The predicted octanol–water partition coefficient (Wildman–Crippen LogP) is 0.299. The third-order valence-electron chi connectivity index (χ3n) is 2.50. The summed E-state index contributed by atoms with van der Waals surface area (Å²) in [6.45, 7) is 3.83. The Bertz CT molecular complexity index is 373. The molecule has 1 atom stereocenters. The summed E-state index contributed by atoms with van der Waals surface area (Å²) in [5.41, 5.74) is 1.10. The molecule has 1 unspecified atom stereocenters. The summed E-state index contributed by atoms with van der Waals surface area (Å²) >= 11 is 0. The normalized spacial score (nSPS) is 19.5. The van der Waals surface area contributed by atoms with Gasteiger partial charge in [0.1, 0.15) is 0 Å². The van der Waals surface area contributed by atoms with Gasteiger partial charge in [-0.05, 0) is 6.92 Å². The van der Waals surface area contributed by atoms with Crippen LogP contribution >= 0.6 is 0 Å². The van der Waals surface area contributed by atoms with Gasteiger partial charge in [-0.15, -0.1) is 0 Å². The molecule has 1 aliphatic rings. The number of anilines is 1. The van der Waals surface area contributed by atoms with Crippen LogP contribution in [0.1, 0.15) is 18.7 Å². The van der Waals surface area contributed by atoms with Crippen molar-refractivity contribution < 1.29 is 4.79 Å². The van der Waals surface area contributed by atoms with E-state index in [0.29, 0.717) is 5.82 Å². The first-order chi connectivity index (χ1) is 7.20. The summed E-state index contributed by atoms with van der Waals surface area (Å²) in [6, 6.07) is 1.93. The summed E-state index contributed by atoms with van der Waals surface area (Å²) < 4.78 is 1.92. The van der Waals surface area contributed by atoms with E-state index in [1.807, 2.05) is 10.7 Å². The molecule has 2 heterocycles. The van der Waals surface area contributed by atoms with E-state index in [1.54, 1.807) is 7.05 Å². The number of hydrogen-bond donors (Lipinski definition) is 3. The Morgan fingerprint density at radius 3 is 3.20 bits per heavy atom. The first kappa shape index (κ1) is 9.97. The molecule has 0 radical (unpaired) electrons. The van der Waals surface area contributed by atoms with Gasteiger partial charge >= 0.3 is 6.03 Å². The zero-order chi connectivity index (χ0) is 10.8. The Hall–Kier alpha value is -1.56. The van der Waals surface area contributed by atoms with Crippen LogP contribution in [0.5, 0.6) is 0 Å². The standard InChI is InChI=1S/C9H15N5O/c1-6-7-5-8(12-9(15)10-2)13-14(7)4-3-11-6/h5-6,11H,3-4H2,1-2H3,(H2,10,12,13,15). The molecule has 0 saturated heterocycles. The molecule has 15 heavy (non-hydrogen) atoms. The van der Waals surface area contributed by atoms with Crippen LogP contribution in [0.3, 0.4) is 0 Å². The lowest BCUT2D eigenvalue weighted by Gasteiger charge is -2.21. The molecule has 1 aromatic heterocycles. The van der Waals surface area contributed by atoms with Gasteiger partial charge in [-0.1, -0.05) is 0 Å². The van der Waals surface area contributed by atoms with Crippen molar-refractivity contribution in [3.8, 4) is 0 Å². The van der Waals surface area contributed by atoms with Gasteiger partial charge in [0, 0.05) is 25.7 Å². The van der Waals surface area contributed by atoms with Crippen molar-refractivity contribution in [1.82, 2.24) is 20.4 Å². The second-order valence-electron chi connectivity index (χ2n) is 3.56. The van der Waals surface area contributed by atoms with Crippen LogP contribution in [0.4, 0.5) is 10.6 Å². The summed E-state index contributed by atoms with van der Waals surface area (Å²) in [4.78, 5) is 11.1. The fourth-order valence-corrected chi connectivity index (χ4v) is 1.69. The Morgan fingerprint density at radius 2 is 2.53 bits per heavy atom. The fraction of sp³-hybridized carbons (Fsp3) is 0.556. The summed E-state index contributed by atoms with van der Waals surface area (Å²) in [5.74, 6) is 0.597. The topological polar surface area (TPSA) is 71.0 Å². The lowest BCUT2D eigenvalue weighted by molar-refractivity contribution is 0.254. The van der Waals surface area contributed by atoms with Crippen molar-refractivity contribution in [2.75, 3.05) is 18.9 Å². The van der Waals surface area contributed by atoms with Crippen molar-refractivity contribution in [1.29, 1.82) is 0 Å². The van der Waals surface area contributed by atoms with Crippen LogP contribution < -0.4 is 16.0 Å². The molecule has 0 aromatic carbocycles. The Labute approximate surface area is 88.0 Å². The Kier molecular flexibility index (Phi) is 2.59. The molecule has 0 bridgehead atoms. The maximum Gasteiger partial charge on any atom is 0.320 e. The molecule has 2 amide bonds. The van der Waals surface area contributed by atoms with E-state index >= 15 is 0 Å². The summed E-state index contributed by atoms with van der Waals surface area (Å²) in [6.07, 6.45) is 0. The molecule has 2 rings (SSSR count). The second kappa shape index (κ2) is 3.90. The highest BCUT2D eigenvalue weighted by atomic mass is 16.2. The fourth-order valence-electron chi connectivity index (χ4n) is 1.69. The highest BCUT2D eigenvalue weighted by Crippen LogP contribution is 2.19. The van der Waals surface area contributed by atoms with Crippen molar-refractivity contribution in [3.05, 3.63) is 11.8 Å². The molecule has 82 valence electrons. The smallest absolute Gasteiger partial charge is 0.320 e. The van der Waals surface area contributed by atoms with E-state index in [0.717, 1.165) is 18.8 Å². The van der Waals surface area contributed by atoms with Crippen LogP contribution in [0.15, 0.2) is 6.07 Å². The number of amides is 2. The van der Waals surface area contributed by atoms with Gasteiger partial charge in [0.15, 0.2) is 5.82 Å². The van der Waals surface area contributed by atoms with Crippen molar-refractivity contribution in [2.45, 2.75) is 19.5 Å². The number of nitrogens with zero attached hydrogens (tertiary/aromatic N) is 2. The molecule has 3 N–H and O–H groups in total. The maximum absolute atomic E-state index is 11.1. The minimum atomic E-state index is -0.244.